The van der Waals surface area contributed by atoms with Crippen LogP contribution in [0.5, 0.6) is 5.75 Å². The van der Waals surface area contributed by atoms with Crippen molar-refractivity contribution in [1.82, 2.24) is 24.6 Å². The molecule has 5 heterocycles. The summed E-state index contributed by atoms with van der Waals surface area (Å²) in [6.07, 6.45) is 4.84. The average molecular weight is 536 g/mol. The number of fused-ring (bicyclic) bond motifs is 3. The summed E-state index contributed by atoms with van der Waals surface area (Å²) in [5.41, 5.74) is -0.804. The fourth-order valence-electron chi connectivity index (χ4n) is 4.38. The van der Waals surface area contributed by atoms with Gasteiger partial charge in [0.1, 0.15) is 40.6 Å². The molecule has 5 rings (SSSR count). The summed E-state index contributed by atoms with van der Waals surface area (Å²) >= 11 is 6.40. The third-order valence-corrected chi connectivity index (χ3v) is 6.63. The van der Waals surface area contributed by atoms with E-state index in [1.54, 1.807) is 30.8 Å². The summed E-state index contributed by atoms with van der Waals surface area (Å²) in [5, 5.41) is 17.7. The molecule has 3 aromatic heterocycles. The van der Waals surface area contributed by atoms with Crippen LogP contribution in [0.1, 0.15) is 58.7 Å². The van der Waals surface area contributed by atoms with Gasteiger partial charge in [0, 0.05) is 24.8 Å². The van der Waals surface area contributed by atoms with Crippen molar-refractivity contribution in [1.29, 1.82) is 0 Å². The van der Waals surface area contributed by atoms with Crippen molar-refractivity contribution in [3.05, 3.63) is 86.5 Å². The van der Waals surface area contributed by atoms with Crippen molar-refractivity contribution in [2.24, 2.45) is 0 Å². The van der Waals surface area contributed by atoms with Crippen LogP contribution in [0.4, 0.5) is 8.78 Å². The van der Waals surface area contributed by atoms with Gasteiger partial charge in [-0.25, -0.2) is 13.5 Å². The molecule has 196 valence electrons. The van der Waals surface area contributed by atoms with Gasteiger partial charge in [-0.15, -0.1) is 0 Å². The fraction of sp³-hybridized carbons (Fsp3) is 0.400. The Balaban J connectivity index is 1.51. The number of aliphatic hydroxyl groups is 1. The standard InChI is InChI=1S/C25H26ClF2N5O4/c1-25(2,35)21-3-5-32(31-21)22-9-19-14(10-30-22)4-6-36-12-16-8-20(23(26)24(34)33(16)19)37-13-18-17(28)7-15(27)11-29-18/h3,5,7-8,10-11,19,22,30,35H,4,6,9,12-13H2,1-2H3/t19?,22-/m0/s1/i13D2. The molecule has 1 unspecified atom stereocenters. The molecule has 0 fully saturated rings. The van der Waals surface area contributed by atoms with Crippen LogP contribution < -0.4 is 15.6 Å². The molecule has 0 saturated carbocycles. The fourth-order valence-corrected chi connectivity index (χ4v) is 4.56. The van der Waals surface area contributed by atoms with Crippen molar-refractivity contribution in [2.45, 2.75) is 57.7 Å². The minimum atomic E-state index is -2.86. The number of rotatable bonds is 5. The molecule has 0 spiro atoms. The number of pyridine rings is 2. The van der Waals surface area contributed by atoms with Gasteiger partial charge in [-0.1, -0.05) is 11.6 Å². The van der Waals surface area contributed by atoms with Gasteiger partial charge in [-0.2, -0.15) is 5.10 Å². The van der Waals surface area contributed by atoms with E-state index in [1.807, 2.05) is 6.20 Å². The van der Waals surface area contributed by atoms with Crippen LogP contribution in [0.25, 0.3) is 0 Å². The number of hydrogen-bond donors (Lipinski definition) is 2. The largest absolute Gasteiger partial charge is 0.485 e. The number of nitrogens with one attached hydrogen (secondary N) is 1. The summed E-state index contributed by atoms with van der Waals surface area (Å²) in [6, 6.07) is 3.15. The molecular weight excluding hydrogens is 508 g/mol. The lowest BCUT2D eigenvalue weighted by Crippen LogP contribution is -2.38. The molecule has 2 N–H and O–H groups in total. The highest BCUT2D eigenvalue weighted by Gasteiger charge is 2.32. The SMILES string of the molecule is [2H]C([2H])(Oc1cc2n(c(=O)c1Cl)C1C[C@H](n3ccc(C(C)(C)O)n3)NC=C1CCOC2)c1ncc(F)cc1F. The molecule has 12 heteroatoms. The van der Waals surface area contributed by atoms with Gasteiger partial charge in [0.15, 0.2) is 5.82 Å². The molecule has 9 nitrogen and oxygen atoms in total. The van der Waals surface area contributed by atoms with Gasteiger partial charge in [-0.3, -0.25) is 9.78 Å². The number of nitrogens with zero attached hydrogens (tertiary/aromatic N) is 4. The molecule has 3 aromatic rings. The molecule has 0 saturated heterocycles. The van der Waals surface area contributed by atoms with Crippen LogP contribution >= 0.6 is 11.6 Å². The first-order valence-corrected chi connectivity index (χ1v) is 12.0. The van der Waals surface area contributed by atoms with E-state index in [2.05, 4.69) is 15.4 Å². The van der Waals surface area contributed by atoms with Gasteiger partial charge in [0.05, 0.1) is 39.6 Å². The van der Waals surface area contributed by atoms with Crippen molar-refractivity contribution in [2.75, 3.05) is 6.61 Å². The van der Waals surface area contributed by atoms with Gasteiger partial charge < -0.3 is 24.5 Å². The summed E-state index contributed by atoms with van der Waals surface area (Å²) in [6.45, 7) is 0.806. The smallest absolute Gasteiger partial charge is 0.273 e. The van der Waals surface area contributed by atoms with E-state index in [0.717, 1.165) is 5.57 Å². The second-order valence-electron chi connectivity index (χ2n) is 9.37. The summed E-state index contributed by atoms with van der Waals surface area (Å²) < 4.78 is 58.2. The predicted molar refractivity (Wildman–Crippen MR) is 130 cm³/mol. The lowest BCUT2D eigenvalue weighted by atomic mass is 9.95. The van der Waals surface area contributed by atoms with E-state index in [-0.39, 0.29) is 18.5 Å². The van der Waals surface area contributed by atoms with Crippen LogP contribution in [0, 0.1) is 11.6 Å². The Morgan fingerprint density at radius 1 is 1.41 bits per heavy atom. The summed E-state index contributed by atoms with van der Waals surface area (Å²) in [5.74, 6) is -2.55. The minimum absolute atomic E-state index is 0.0153. The number of aromatic nitrogens is 4. The van der Waals surface area contributed by atoms with Crippen molar-refractivity contribution >= 4 is 11.6 Å². The van der Waals surface area contributed by atoms with E-state index < -0.39 is 46.1 Å². The minimum Gasteiger partial charge on any atom is -0.485 e. The first kappa shape index (κ1) is 22.9. The van der Waals surface area contributed by atoms with Crippen molar-refractivity contribution in [3.8, 4) is 5.75 Å². The first-order chi connectivity index (χ1) is 18.3. The average Bonchev–Trinajstić information content (AvgIpc) is 3.35. The molecule has 0 aromatic carbocycles. The zero-order valence-electron chi connectivity index (χ0n) is 22.0. The first-order valence-electron chi connectivity index (χ1n) is 12.6. The zero-order chi connectivity index (χ0) is 28.1. The molecule has 0 radical (unpaired) electrons. The van der Waals surface area contributed by atoms with E-state index in [1.165, 1.54) is 10.6 Å². The summed E-state index contributed by atoms with van der Waals surface area (Å²) in [4.78, 5) is 17.1. The third-order valence-electron chi connectivity index (χ3n) is 6.28. The quantitative estimate of drug-likeness (QED) is 0.513. The van der Waals surface area contributed by atoms with Crippen LogP contribution in [0.3, 0.4) is 0 Å². The maximum absolute atomic E-state index is 14.3. The topological polar surface area (TPSA) is 103 Å². The Morgan fingerprint density at radius 3 is 2.95 bits per heavy atom. The molecule has 0 aliphatic carbocycles. The van der Waals surface area contributed by atoms with Crippen LogP contribution in [-0.2, 0) is 23.5 Å². The highest BCUT2D eigenvalue weighted by atomic mass is 35.5. The Labute approximate surface area is 219 Å². The number of halogens is 3. The molecule has 2 atom stereocenters. The van der Waals surface area contributed by atoms with Crippen LogP contribution in [-0.4, -0.2) is 31.0 Å². The Hall–Kier alpha value is -3.28. The highest BCUT2D eigenvalue weighted by Crippen LogP contribution is 2.36. The van der Waals surface area contributed by atoms with E-state index in [9.17, 15) is 18.7 Å². The second-order valence-corrected chi connectivity index (χ2v) is 9.75. The molecular formula is C25H26ClF2N5O4. The van der Waals surface area contributed by atoms with E-state index >= 15 is 0 Å². The lowest BCUT2D eigenvalue weighted by Gasteiger charge is -2.35. The lowest BCUT2D eigenvalue weighted by molar-refractivity contribution is 0.0723. The monoisotopic (exact) mass is 535 g/mol. The van der Waals surface area contributed by atoms with E-state index in [4.69, 9.17) is 23.8 Å². The maximum atomic E-state index is 14.3. The normalized spacial score (nSPS) is 20.9. The number of hydrogen-bond acceptors (Lipinski definition) is 7. The molecule has 0 amide bonds. The zero-order valence-corrected chi connectivity index (χ0v) is 20.8. The Bertz CT molecular complexity index is 1500. The molecule has 37 heavy (non-hydrogen) atoms. The second kappa shape index (κ2) is 9.88. The third kappa shape index (κ3) is 5.11. The van der Waals surface area contributed by atoms with Gasteiger partial charge in [-0.05, 0) is 38.1 Å². The van der Waals surface area contributed by atoms with Crippen molar-refractivity contribution in [3.63, 3.8) is 0 Å². The van der Waals surface area contributed by atoms with Gasteiger partial charge >= 0.3 is 0 Å². The highest BCUT2D eigenvalue weighted by molar-refractivity contribution is 6.31. The van der Waals surface area contributed by atoms with Gasteiger partial charge in [0.2, 0.25) is 0 Å². The molecule has 2 aliphatic heterocycles. The molecule has 0 bridgehead atoms. The van der Waals surface area contributed by atoms with Gasteiger partial charge in [0.25, 0.3) is 5.56 Å². The Kier molecular flexibility index (Phi) is 6.11. The van der Waals surface area contributed by atoms with E-state index in [0.29, 0.717) is 43.1 Å². The van der Waals surface area contributed by atoms with Crippen LogP contribution in [0.2, 0.25) is 5.02 Å². The Morgan fingerprint density at radius 2 is 2.22 bits per heavy atom. The van der Waals surface area contributed by atoms with Crippen molar-refractivity contribution < 1.29 is 26.1 Å². The maximum Gasteiger partial charge on any atom is 0.273 e. The number of ether oxygens (including phenoxy) is 2. The molecule has 2 aliphatic rings. The predicted octanol–water partition coefficient (Wildman–Crippen LogP) is 3.72. The summed E-state index contributed by atoms with van der Waals surface area (Å²) in [7, 11) is 0. The van der Waals surface area contributed by atoms with Crippen LogP contribution in [0.15, 0.2) is 47.2 Å².